The highest BCUT2D eigenvalue weighted by Gasteiger charge is 2.46. The average molecular weight is 281 g/mol. The van der Waals surface area contributed by atoms with E-state index in [9.17, 15) is 9.50 Å². The van der Waals surface area contributed by atoms with Crippen molar-refractivity contribution in [1.82, 2.24) is 5.32 Å². The van der Waals surface area contributed by atoms with Gasteiger partial charge in [-0.15, -0.1) is 11.8 Å². The molecule has 1 heterocycles. The number of likely N-dealkylation sites (N-methyl/N-ethyl adjacent to an activating group) is 1. The van der Waals surface area contributed by atoms with Crippen LogP contribution < -0.4 is 5.32 Å². The van der Waals surface area contributed by atoms with Gasteiger partial charge in [0.2, 0.25) is 0 Å². The normalized spacial score (nSPS) is 22.9. The molecular formula is C15H20FNOS. The van der Waals surface area contributed by atoms with Crippen molar-refractivity contribution >= 4 is 11.8 Å². The maximum absolute atomic E-state index is 13.6. The predicted molar refractivity (Wildman–Crippen MR) is 76.3 cm³/mol. The van der Waals surface area contributed by atoms with E-state index < -0.39 is 12.3 Å². The van der Waals surface area contributed by atoms with E-state index in [-0.39, 0.29) is 6.04 Å². The summed E-state index contributed by atoms with van der Waals surface area (Å²) in [4.78, 5) is 1.20. The van der Waals surface area contributed by atoms with E-state index in [0.717, 1.165) is 30.6 Å². The van der Waals surface area contributed by atoms with Gasteiger partial charge in [0.1, 0.15) is 12.3 Å². The van der Waals surface area contributed by atoms with Crippen LogP contribution in [-0.2, 0) is 12.0 Å². The van der Waals surface area contributed by atoms with Crippen LogP contribution in [0.5, 0.6) is 0 Å². The van der Waals surface area contributed by atoms with Crippen LogP contribution in [0.3, 0.4) is 0 Å². The van der Waals surface area contributed by atoms with Crippen molar-refractivity contribution in [1.29, 1.82) is 0 Å². The topological polar surface area (TPSA) is 32.3 Å². The lowest BCUT2D eigenvalue weighted by atomic mass is 9.84. The number of fused-ring (bicyclic) bond motifs is 1. The third-order valence-electron chi connectivity index (χ3n) is 4.32. The fourth-order valence-electron chi connectivity index (χ4n) is 3.07. The van der Waals surface area contributed by atoms with E-state index in [1.807, 2.05) is 25.2 Å². The monoisotopic (exact) mass is 281 g/mol. The van der Waals surface area contributed by atoms with Crippen LogP contribution in [0.25, 0.3) is 0 Å². The first-order chi connectivity index (χ1) is 9.19. The highest BCUT2D eigenvalue weighted by Crippen LogP contribution is 2.43. The molecule has 0 spiro atoms. The molecule has 0 aromatic heterocycles. The summed E-state index contributed by atoms with van der Waals surface area (Å²) < 4.78 is 13.6. The number of alkyl halides is 1. The number of nitrogens with one attached hydrogen (secondary N) is 1. The minimum atomic E-state index is -1.39. The highest BCUT2D eigenvalue weighted by atomic mass is 32.2. The Morgan fingerprint density at radius 3 is 2.95 bits per heavy atom. The first-order valence-electron chi connectivity index (χ1n) is 6.91. The molecule has 0 bridgehead atoms. The predicted octanol–water partition coefficient (Wildman–Crippen LogP) is 2.49. The van der Waals surface area contributed by atoms with E-state index in [2.05, 4.69) is 5.32 Å². The van der Waals surface area contributed by atoms with E-state index in [1.165, 1.54) is 10.5 Å². The quantitative estimate of drug-likeness (QED) is 0.870. The number of aryl methyl sites for hydroxylation is 1. The van der Waals surface area contributed by atoms with Crippen LogP contribution in [-0.4, -0.2) is 30.6 Å². The Balaban J connectivity index is 1.96. The second-order valence-electron chi connectivity index (χ2n) is 5.58. The summed E-state index contributed by atoms with van der Waals surface area (Å²) in [6, 6.07) is 5.74. The molecule has 1 fully saturated rings. The van der Waals surface area contributed by atoms with Gasteiger partial charge in [0, 0.05) is 16.7 Å². The molecule has 1 aromatic rings. The Hall–Kier alpha value is -0.580. The molecule has 2 unspecified atom stereocenters. The van der Waals surface area contributed by atoms with E-state index in [1.54, 1.807) is 11.8 Å². The number of hydrogen-bond donors (Lipinski definition) is 2. The van der Waals surface area contributed by atoms with Gasteiger partial charge in [-0.2, -0.15) is 0 Å². The van der Waals surface area contributed by atoms with Gasteiger partial charge in [0.25, 0.3) is 0 Å². The van der Waals surface area contributed by atoms with Crippen molar-refractivity contribution < 1.29 is 9.50 Å². The van der Waals surface area contributed by atoms with Gasteiger partial charge in [-0.25, -0.2) is 4.39 Å². The smallest absolute Gasteiger partial charge is 0.133 e. The van der Waals surface area contributed by atoms with Gasteiger partial charge < -0.3 is 10.4 Å². The van der Waals surface area contributed by atoms with Crippen LogP contribution in [0, 0.1) is 5.92 Å². The lowest BCUT2D eigenvalue weighted by molar-refractivity contribution is -0.0298. The minimum absolute atomic E-state index is 0.193. The van der Waals surface area contributed by atoms with Gasteiger partial charge in [-0.3, -0.25) is 0 Å². The molecular weight excluding hydrogens is 261 g/mol. The molecule has 1 aliphatic carbocycles. The van der Waals surface area contributed by atoms with Crippen molar-refractivity contribution in [3.05, 3.63) is 29.3 Å². The molecule has 2 N–H and O–H groups in total. The second kappa shape index (κ2) is 5.08. The number of halogens is 1. The second-order valence-corrected chi connectivity index (χ2v) is 6.72. The van der Waals surface area contributed by atoms with Crippen molar-refractivity contribution in [2.75, 3.05) is 19.5 Å². The summed E-state index contributed by atoms with van der Waals surface area (Å²) in [5.41, 5.74) is 0.644. The van der Waals surface area contributed by atoms with Gasteiger partial charge in [-0.1, -0.05) is 12.1 Å². The summed E-state index contributed by atoms with van der Waals surface area (Å²) in [7, 11) is 1.81. The van der Waals surface area contributed by atoms with E-state index >= 15 is 0 Å². The summed E-state index contributed by atoms with van der Waals surface area (Å²) in [5.74, 6) is 1.48. The maximum atomic E-state index is 13.6. The van der Waals surface area contributed by atoms with Crippen molar-refractivity contribution in [3.63, 3.8) is 0 Å². The third-order valence-corrected chi connectivity index (χ3v) is 5.42. The minimum Gasteiger partial charge on any atom is -0.381 e. The number of thioether (sulfide) groups is 1. The number of hydrogen-bond acceptors (Lipinski definition) is 3. The zero-order valence-corrected chi connectivity index (χ0v) is 12.0. The molecule has 4 heteroatoms. The van der Waals surface area contributed by atoms with Gasteiger partial charge in [-0.05, 0) is 49.4 Å². The number of benzene rings is 1. The van der Waals surface area contributed by atoms with Gasteiger partial charge >= 0.3 is 0 Å². The zero-order chi connectivity index (χ0) is 13.5. The first kappa shape index (κ1) is 13.4. The van der Waals surface area contributed by atoms with Crippen LogP contribution in [0.2, 0.25) is 0 Å². The molecule has 1 saturated carbocycles. The van der Waals surface area contributed by atoms with Gasteiger partial charge in [0.15, 0.2) is 0 Å². The molecule has 2 nitrogen and oxygen atoms in total. The van der Waals surface area contributed by atoms with Crippen LogP contribution in [0.4, 0.5) is 4.39 Å². The molecule has 0 amide bonds. The van der Waals surface area contributed by atoms with Crippen LogP contribution in [0.15, 0.2) is 23.1 Å². The first-order valence-corrected chi connectivity index (χ1v) is 7.89. The summed E-state index contributed by atoms with van der Waals surface area (Å²) in [6.07, 6.45) is 3.23. The van der Waals surface area contributed by atoms with Crippen LogP contribution in [0.1, 0.15) is 24.0 Å². The van der Waals surface area contributed by atoms with Gasteiger partial charge in [0.05, 0.1) is 0 Å². The Morgan fingerprint density at radius 2 is 2.32 bits per heavy atom. The Labute approximate surface area is 117 Å². The molecule has 19 heavy (non-hydrogen) atoms. The number of rotatable bonds is 5. The summed E-state index contributed by atoms with van der Waals surface area (Å²) in [5, 5.41) is 14.0. The summed E-state index contributed by atoms with van der Waals surface area (Å²) >= 11 is 1.80. The molecule has 2 atom stereocenters. The Kier molecular flexibility index (Phi) is 3.58. The summed E-state index contributed by atoms with van der Waals surface area (Å²) in [6.45, 7) is -0.738. The fourth-order valence-corrected chi connectivity index (χ4v) is 4.18. The van der Waals surface area contributed by atoms with E-state index in [4.69, 9.17) is 0 Å². The van der Waals surface area contributed by atoms with Crippen molar-refractivity contribution in [2.24, 2.45) is 5.92 Å². The van der Waals surface area contributed by atoms with Crippen LogP contribution >= 0.6 is 11.8 Å². The number of aliphatic hydroxyl groups is 1. The molecule has 104 valence electrons. The molecule has 2 aliphatic rings. The highest BCUT2D eigenvalue weighted by molar-refractivity contribution is 7.99. The fraction of sp³-hybridized carbons (Fsp3) is 0.600. The largest absolute Gasteiger partial charge is 0.381 e. The molecule has 3 rings (SSSR count). The molecule has 0 saturated heterocycles. The van der Waals surface area contributed by atoms with Crippen molar-refractivity contribution in [3.8, 4) is 0 Å². The Morgan fingerprint density at radius 1 is 1.53 bits per heavy atom. The third kappa shape index (κ3) is 2.30. The SMILES string of the molecule is CNC(C1CC1)C(O)(CF)c1ccc2c(c1)SCC2. The lowest BCUT2D eigenvalue weighted by Gasteiger charge is -2.34. The molecule has 1 aliphatic heterocycles. The zero-order valence-electron chi connectivity index (χ0n) is 11.2. The van der Waals surface area contributed by atoms with Crippen molar-refractivity contribution in [2.45, 2.75) is 35.8 Å². The maximum Gasteiger partial charge on any atom is 0.133 e. The molecule has 0 radical (unpaired) electrons. The Bertz CT molecular complexity index is 477. The van der Waals surface area contributed by atoms with E-state index in [0.29, 0.717) is 5.92 Å². The molecule has 1 aromatic carbocycles. The standard InChI is InChI=1S/C15H20FNOS/c1-17-14(11-2-3-11)15(18,9-16)12-5-4-10-6-7-19-13(10)8-12/h4-5,8,11,14,17-18H,2-3,6-7,9H2,1H3. The lowest BCUT2D eigenvalue weighted by Crippen LogP contribution is -2.50. The average Bonchev–Trinajstić information content (AvgIpc) is 3.15.